The molecule has 0 bridgehead atoms. The number of aliphatic carboxylic acids is 1. The number of amides is 1. The van der Waals surface area contributed by atoms with Crippen molar-refractivity contribution in [2.75, 3.05) is 12.8 Å². The average Bonchev–Trinajstić information content (AvgIpc) is 2.43. The zero-order chi connectivity index (χ0) is 15.3. The summed E-state index contributed by atoms with van der Waals surface area (Å²) in [7, 11) is 0. The van der Waals surface area contributed by atoms with E-state index in [0.717, 1.165) is 4.90 Å². The summed E-state index contributed by atoms with van der Waals surface area (Å²) < 4.78 is 0. The van der Waals surface area contributed by atoms with Gasteiger partial charge in [0.05, 0.1) is 0 Å². The maximum atomic E-state index is 11.8. The van der Waals surface area contributed by atoms with Crippen LogP contribution in [0.3, 0.4) is 0 Å². The van der Waals surface area contributed by atoms with Gasteiger partial charge in [0, 0.05) is 18.4 Å². The molecule has 1 N–H and O–H groups in total. The van der Waals surface area contributed by atoms with Gasteiger partial charge in [-0.2, -0.15) is 0 Å². The summed E-state index contributed by atoms with van der Waals surface area (Å²) in [5.74, 6) is -1.25. The molecule has 110 valence electrons. The SMILES string of the molecule is CCCN(C(C)=O)C(C)(C(=O)O)c1ccc(SC)cc1. The molecule has 1 aromatic rings. The summed E-state index contributed by atoms with van der Waals surface area (Å²) in [6.45, 7) is 5.34. The Bertz CT molecular complexity index is 486. The van der Waals surface area contributed by atoms with Gasteiger partial charge in [0.15, 0.2) is 5.54 Å². The Labute approximate surface area is 124 Å². The lowest BCUT2D eigenvalue weighted by atomic mass is 9.89. The topological polar surface area (TPSA) is 57.6 Å². The van der Waals surface area contributed by atoms with Gasteiger partial charge in [-0.25, -0.2) is 4.79 Å². The van der Waals surface area contributed by atoms with E-state index in [1.165, 1.54) is 11.8 Å². The molecule has 0 saturated carbocycles. The van der Waals surface area contributed by atoms with Crippen LogP contribution in [0.5, 0.6) is 0 Å². The van der Waals surface area contributed by atoms with Gasteiger partial charge in [0.1, 0.15) is 0 Å². The highest BCUT2D eigenvalue weighted by atomic mass is 32.2. The average molecular weight is 295 g/mol. The third kappa shape index (κ3) is 3.15. The van der Waals surface area contributed by atoms with E-state index in [4.69, 9.17) is 0 Å². The number of rotatable bonds is 6. The Morgan fingerprint density at radius 1 is 1.30 bits per heavy atom. The second-order valence-electron chi connectivity index (χ2n) is 4.78. The van der Waals surface area contributed by atoms with E-state index < -0.39 is 11.5 Å². The van der Waals surface area contributed by atoms with Gasteiger partial charge in [-0.15, -0.1) is 11.8 Å². The minimum absolute atomic E-state index is 0.231. The lowest BCUT2D eigenvalue weighted by Gasteiger charge is -2.37. The fourth-order valence-electron chi connectivity index (χ4n) is 2.23. The molecule has 0 saturated heterocycles. The van der Waals surface area contributed by atoms with Crippen LogP contribution in [0.25, 0.3) is 0 Å². The molecule has 0 fully saturated rings. The number of carbonyl (C=O) groups is 2. The standard InChI is InChI=1S/C15H21NO3S/c1-5-10-16(11(2)17)15(3,14(18)19)12-6-8-13(20-4)9-7-12/h6-9H,5,10H2,1-4H3,(H,18,19). The first-order chi connectivity index (χ1) is 9.37. The van der Waals surface area contributed by atoms with Gasteiger partial charge >= 0.3 is 5.97 Å². The minimum atomic E-state index is -1.33. The largest absolute Gasteiger partial charge is 0.479 e. The first-order valence-corrected chi connectivity index (χ1v) is 7.76. The lowest BCUT2D eigenvalue weighted by Crippen LogP contribution is -2.52. The summed E-state index contributed by atoms with van der Waals surface area (Å²) in [6.07, 6.45) is 2.68. The summed E-state index contributed by atoms with van der Waals surface area (Å²) >= 11 is 1.59. The van der Waals surface area contributed by atoms with Crippen LogP contribution in [-0.2, 0) is 15.1 Å². The molecule has 1 aromatic carbocycles. The summed E-state index contributed by atoms with van der Waals surface area (Å²) in [4.78, 5) is 26.1. The molecule has 4 nitrogen and oxygen atoms in total. The van der Waals surface area contributed by atoms with Crippen molar-refractivity contribution < 1.29 is 14.7 Å². The van der Waals surface area contributed by atoms with Crippen LogP contribution in [0.2, 0.25) is 0 Å². The number of benzene rings is 1. The van der Waals surface area contributed by atoms with Gasteiger partial charge in [-0.3, -0.25) is 4.79 Å². The molecule has 0 aliphatic carbocycles. The number of hydrogen-bond acceptors (Lipinski definition) is 3. The van der Waals surface area contributed by atoms with Crippen molar-refractivity contribution in [1.29, 1.82) is 0 Å². The van der Waals surface area contributed by atoms with E-state index in [0.29, 0.717) is 18.5 Å². The quantitative estimate of drug-likeness (QED) is 0.820. The molecule has 1 atom stereocenters. The van der Waals surface area contributed by atoms with Crippen LogP contribution >= 0.6 is 11.8 Å². The maximum Gasteiger partial charge on any atom is 0.334 e. The Morgan fingerprint density at radius 3 is 2.20 bits per heavy atom. The van der Waals surface area contributed by atoms with Gasteiger partial charge in [0.25, 0.3) is 0 Å². The van der Waals surface area contributed by atoms with E-state index in [-0.39, 0.29) is 5.91 Å². The van der Waals surface area contributed by atoms with Crippen LogP contribution in [-0.4, -0.2) is 34.7 Å². The molecule has 1 unspecified atom stereocenters. The maximum absolute atomic E-state index is 11.8. The highest BCUT2D eigenvalue weighted by Crippen LogP contribution is 2.30. The van der Waals surface area contributed by atoms with Crippen LogP contribution in [0, 0.1) is 0 Å². The van der Waals surface area contributed by atoms with Gasteiger partial charge in [-0.1, -0.05) is 19.1 Å². The number of carboxylic acid groups (broad SMARTS) is 1. The molecule has 5 heteroatoms. The number of carboxylic acids is 1. The van der Waals surface area contributed by atoms with E-state index in [2.05, 4.69) is 0 Å². The number of nitrogens with zero attached hydrogens (tertiary/aromatic N) is 1. The van der Waals surface area contributed by atoms with Crippen LogP contribution in [0.4, 0.5) is 0 Å². The van der Waals surface area contributed by atoms with Crippen molar-refractivity contribution >= 4 is 23.6 Å². The van der Waals surface area contributed by atoms with Crippen molar-refractivity contribution in [2.45, 2.75) is 37.6 Å². The predicted octanol–water partition coefficient (Wildman–Crippen LogP) is 2.97. The molecule has 0 aliphatic rings. The first kappa shape index (κ1) is 16.6. The van der Waals surface area contributed by atoms with E-state index in [9.17, 15) is 14.7 Å². The van der Waals surface area contributed by atoms with Crippen LogP contribution < -0.4 is 0 Å². The monoisotopic (exact) mass is 295 g/mol. The molecule has 0 aliphatic heterocycles. The van der Waals surface area contributed by atoms with Gasteiger partial charge in [-0.05, 0) is 37.3 Å². The molecule has 20 heavy (non-hydrogen) atoms. The highest BCUT2D eigenvalue weighted by molar-refractivity contribution is 7.98. The number of hydrogen-bond donors (Lipinski definition) is 1. The first-order valence-electron chi connectivity index (χ1n) is 6.54. The Morgan fingerprint density at radius 2 is 1.85 bits per heavy atom. The van der Waals surface area contributed by atoms with Crippen LogP contribution in [0.1, 0.15) is 32.8 Å². The number of thioether (sulfide) groups is 1. The fraction of sp³-hybridized carbons (Fsp3) is 0.467. The normalized spacial score (nSPS) is 13.6. The molecule has 0 spiro atoms. The summed E-state index contributed by atoms with van der Waals surface area (Å²) in [5, 5.41) is 9.66. The zero-order valence-corrected chi connectivity index (χ0v) is 13.2. The second kappa shape index (κ2) is 6.79. The van der Waals surface area contributed by atoms with Crippen molar-refractivity contribution in [3.8, 4) is 0 Å². The third-order valence-corrected chi connectivity index (χ3v) is 4.18. The van der Waals surface area contributed by atoms with E-state index in [1.54, 1.807) is 30.8 Å². The highest BCUT2D eigenvalue weighted by Gasteiger charge is 2.42. The van der Waals surface area contributed by atoms with Crippen molar-refractivity contribution in [2.24, 2.45) is 0 Å². The summed E-state index contributed by atoms with van der Waals surface area (Å²) in [5.41, 5.74) is -0.717. The Hall–Kier alpha value is -1.49. The fourth-order valence-corrected chi connectivity index (χ4v) is 2.64. The molecule has 0 heterocycles. The van der Waals surface area contributed by atoms with Crippen molar-refractivity contribution in [1.82, 2.24) is 4.90 Å². The smallest absolute Gasteiger partial charge is 0.334 e. The molecular weight excluding hydrogens is 274 g/mol. The van der Waals surface area contributed by atoms with E-state index in [1.807, 2.05) is 25.3 Å². The predicted molar refractivity (Wildman–Crippen MR) is 80.9 cm³/mol. The van der Waals surface area contributed by atoms with Gasteiger partial charge in [0.2, 0.25) is 5.91 Å². The molecule has 1 amide bonds. The molecule has 0 aromatic heterocycles. The zero-order valence-electron chi connectivity index (χ0n) is 12.3. The van der Waals surface area contributed by atoms with E-state index >= 15 is 0 Å². The van der Waals surface area contributed by atoms with Crippen LogP contribution in [0.15, 0.2) is 29.2 Å². The Kier molecular flexibility index (Phi) is 5.62. The summed E-state index contributed by atoms with van der Waals surface area (Å²) in [6, 6.07) is 7.33. The second-order valence-corrected chi connectivity index (χ2v) is 5.66. The molecular formula is C15H21NO3S. The third-order valence-electron chi connectivity index (χ3n) is 3.44. The number of carbonyl (C=O) groups excluding carboxylic acids is 1. The molecule has 1 rings (SSSR count). The molecule has 0 radical (unpaired) electrons. The van der Waals surface area contributed by atoms with Gasteiger partial charge < -0.3 is 10.0 Å². The Balaban J connectivity index is 3.31. The van der Waals surface area contributed by atoms with Crippen molar-refractivity contribution in [3.05, 3.63) is 29.8 Å². The van der Waals surface area contributed by atoms with Crippen molar-refractivity contribution in [3.63, 3.8) is 0 Å². The minimum Gasteiger partial charge on any atom is -0.479 e. The lowest BCUT2D eigenvalue weighted by molar-refractivity contribution is -0.158.